The topological polar surface area (TPSA) is 626 Å². The highest BCUT2D eigenvalue weighted by molar-refractivity contribution is 6.02. The average Bonchev–Trinajstić information content (AvgIpc) is 0.769. The lowest BCUT2D eigenvalue weighted by atomic mass is 9.73. The molecule has 132 heavy (non-hydrogen) atoms. The Kier molecular flexibility index (Phi) is 31.9. The summed E-state index contributed by atoms with van der Waals surface area (Å²) in [6, 6.07) is 12.6. The monoisotopic (exact) mass is 1820 g/mol. The van der Waals surface area contributed by atoms with Gasteiger partial charge in [0.25, 0.3) is 35.4 Å². The SMILES string of the molecule is CCc1c(CNC(=O)c2ccc(O)c(O)c2O)c(CC)c(CNC(=O)C2CC(C(=O)NCc3c(CC)c(CNC(=O)c4ccc(O)c(O)c4O)c(CC)c(CNC(=O)c4ccc(O)c(O)c4O)c3CC)CC(C(=O)NCc3c(CC)c(CNC(=O)c4ccc(O)c(O)c4O)c(CC)c(CNC(=O)c4ccc(O)c(O)c4O)c3CC)C2)c(CC)c1CNC(=O)c1ccc(O)c(O)c1O. The lowest BCUT2D eigenvalue weighted by molar-refractivity contribution is -0.135. The minimum Gasteiger partial charge on any atom is -0.504 e. The Balaban J connectivity index is 1.07. The molecule has 1 saturated carbocycles. The molecule has 702 valence electrons. The van der Waals surface area contributed by atoms with Crippen molar-refractivity contribution in [3.63, 3.8) is 0 Å². The maximum absolute atomic E-state index is 15.8. The van der Waals surface area contributed by atoms with Crippen LogP contribution in [-0.2, 0) is 131 Å². The van der Waals surface area contributed by atoms with E-state index in [1.165, 1.54) is 0 Å². The highest BCUT2D eigenvalue weighted by Gasteiger charge is 2.41. The second kappa shape index (κ2) is 42.7. The Bertz CT molecular complexity index is 5160. The van der Waals surface area contributed by atoms with Crippen LogP contribution in [0.1, 0.15) is 244 Å². The molecule has 0 bridgehead atoms. The number of hydrogen-bond donors (Lipinski definition) is 27. The molecule has 0 heterocycles. The van der Waals surface area contributed by atoms with Gasteiger partial charge in [-0.3, -0.25) is 43.2 Å². The maximum atomic E-state index is 15.8. The second-order valence-corrected chi connectivity index (χ2v) is 31.8. The van der Waals surface area contributed by atoms with Crippen LogP contribution < -0.4 is 47.9 Å². The molecule has 0 spiro atoms. The fraction of sp³-hybridized carbons (Fsp3) is 0.344. The van der Waals surface area contributed by atoms with Gasteiger partial charge in [-0.15, -0.1) is 0 Å². The summed E-state index contributed by atoms with van der Waals surface area (Å²) in [6.07, 6.45) is 1.59. The van der Waals surface area contributed by atoms with Gasteiger partial charge in [-0.1, -0.05) is 62.3 Å². The van der Waals surface area contributed by atoms with E-state index in [0.29, 0.717) is 100 Å². The molecule has 0 aliphatic heterocycles. The van der Waals surface area contributed by atoms with Crippen LogP contribution >= 0.6 is 0 Å². The van der Waals surface area contributed by atoms with E-state index in [1.807, 2.05) is 62.3 Å². The van der Waals surface area contributed by atoms with Crippen LogP contribution in [0.5, 0.6) is 103 Å². The standard InChI is InChI=1S/C96H111N9O27/c1-10-46-61(47(11-2)65(38-101-92(128)56-20-26-71(107)83(119)77(56)113)52(16-7)64(46)37-100-91(127)55-19-25-70(106)82(118)76(55)112)34-97-88(124)43-31-44(89(125)98-35-62-48(12-3)66(39-102-93(129)57-21-27-72(108)84(120)78(57)114)53(17-8)67(49(62)13-4)40-103-94(130)58-22-28-73(109)85(121)79(58)115)33-45(32-43)90(126)99-36-63-50(14-5)68(41-104-95(131)59-23-29-74(110)86(122)80(59)116)54(18-9)69(51(63)15-6)42-105-96(132)60-24-30-75(111)87(123)81(60)117/h19-30,43-45,106-123H,10-18,31-42H2,1-9H3,(H,97,124)(H,98,125)(H,99,126)(H,100,127)(H,101,128)(H,102,129)(H,103,130)(H,104,131)(H,105,132). The van der Waals surface area contributed by atoms with Crippen LogP contribution in [0.25, 0.3) is 0 Å². The summed E-state index contributed by atoms with van der Waals surface area (Å²) in [5.41, 5.74) is 7.61. The minimum absolute atomic E-state index is 0.193. The van der Waals surface area contributed by atoms with Crippen molar-refractivity contribution in [2.75, 3.05) is 0 Å². The summed E-state index contributed by atoms with van der Waals surface area (Å²) in [5, 5.41) is 215. The maximum Gasteiger partial charge on any atom is 0.255 e. The van der Waals surface area contributed by atoms with E-state index in [4.69, 9.17) is 0 Å². The number of aromatic hydroxyl groups is 18. The third kappa shape index (κ3) is 20.4. The Hall–Kier alpha value is -15.4. The summed E-state index contributed by atoms with van der Waals surface area (Å²) in [6.45, 7) is 14.0. The zero-order chi connectivity index (χ0) is 96.9. The fourth-order valence-electron chi connectivity index (χ4n) is 18.1. The van der Waals surface area contributed by atoms with Crippen molar-refractivity contribution in [2.45, 2.75) is 198 Å². The number of rotatable bonds is 36. The van der Waals surface area contributed by atoms with Gasteiger partial charge in [0.2, 0.25) is 52.2 Å². The largest absolute Gasteiger partial charge is 0.504 e. The number of phenolic OH excluding ortho intramolecular Hbond substituents is 18. The smallest absolute Gasteiger partial charge is 0.255 e. The molecular weight excluding hydrogens is 1710 g/mol. The second-order valence-electron chi connectivity index (χ2n) is 31.8. The van der Waals surface area contributed by atoms with Crippen LogP contribution in [0, 0.1) is 17.8 Å². The molecule has 0 radical (unpaired) electrons. The summed E-state index contributed by atoms with van der Waals surface area (Å²) in [5.74, 6) is -26.2. The molecule has 9 amide bonds. The molecule has 1 aliphatic rings. The number of hydrogen-bond acceptors (Lipinski definition) is 27. The molecule has 36 heteroatoms. The Labute approximate surface area is 758 Å². The van der Waals surface area contributed by atoms with Crippen LogP contribution in [-0.4, -0.2) is 145 Å². The van der Waals surface area contributed by atoms with Gasteiger partial charge < -0.3 is 140 Å². The quantitative estimate of drug-likeness (QED) is 0.0163. The zero-order valence-corrected chi connectivity index (χ0v) is 74.2. The Morgan fingerprint density at radius 1 is 0.189 bits per heavy atom. The molecule has 0 aromatic heterocycles. The highest BCUT2D eigenvalue weighted by atomic mass is 16.4. The van der Waals surface area contributed by atoms with Crippen LogP contribution in [0.3, 0.4) is 0 Å². The molecule has 10 rings (SSSR count). The van der Waals surface area contributed by atoms with E-state index >= 15 is 14.4 Å². The number of carbonyl (C=O) groups excluding carboxylic acids is 9. The Morgan fingerprint density at radius 2 is 0.311 bits per heavy atom. The number of benzene rings is 9. The first-order chi connectivity index (χ1) is 62.8. The summed E-state index contributed by atoms with van der Waals surface area (Å²) in [4.78, 5) is 132. The van der Waals surface area contributed by atoms with Crippen molar-refractivity contribution in [3.05, 3.63) is 206 Å². The van der Waals surface area contributed by atoms with E-state index in [0.717, 1.165) is 72.8 Å². The van der Waals surface area contributed by atoms with E-state index in [1.54, 1.807) is 0 Å². The van der Waals surface area contributed by atoms with Crippen molar-refractivity contribution in [2.24, 2.45) is 17.8 Å². The molecule has 9 aromatic carbocycles. The highest BCUT2D eigenvalue weighted by Crippen LogP contribution is 2.46. The van der Waals surface area contributed by atoms with Gasteiger partial charge >= 0.3 is 0 Å². The molecule has 27 N–H and O–H groups in total. The van der Waals surface area contributed by atoms with Gasteiger partial charge in [0.1, 0.15) is 0 Å². The lowest BCUT2D eigenvalue weighted by Crippen LogP contribution is -2.45. The van der Waals surface area contributed by atoms with Gasteiger partial charge in [-0.2, -0.15) is 0 Å². The molecule has 0 unspecified atom stereocenters. The minimum atomic E-state index is -1.18. The van der Waals surface area contributed by atoms with E-state index < -0.39 is 208 Å². The van der Waals surface area contributed by atoms with E-state index in [2.05, 4.69) is 47.9 Å². The van der Waals surface area contributed by atoms with Crippen molar-refractivity contribution in [1.29, 1.82) is 0 Å². The fourth-order valence-corrected chi connectivity index (χ4v) is 18.1. The first kappa shape index (κ1) is 98.8. The zero-order valence-electron chi connectivity index (χ0n) is 74.2. The predicted octanol–water partition coefficient (Wildman–Crippen LogP) is 9.31. The summed E-state index contributed by atoms with van der Waals surface area (Å²) in [7, 11) is 0. The summed E-state index contributed by atoms with van der Waals surface area (Å²) >= 11 is 0. The third-order valence-electron chi connectivity index (χ3n) is 24.7. The van der Waals surface area contributed by atoms with Crippen LogP contribution in [0.15, 0.2) is 72.8 Å². The molecular formula is C96H111N9O27. The average molecular weight is 1820 g/mol. The number of amides is 9. The number of phenols is 18. The van der Waals surface area contributed by atoms with Gasteiger partial charge in [-0.05, 0) is 250 Å². The lowest BCUT2D eigenvalue weighted by Gasteiger charge is -2.34. The van der Waals surface area contributed by atoms with E-state index in [9.17, 15) is 121 Å². The number of nitrogens with one attached hydrogen (secondary N) is 9. The van der Waals surface area contributed by atoms with Crippen molar-refractivity contribution in [3.8, 4) is 103 Å². The first-order valence-corrected chi connectivity index (χ1v) is 43.3. The molecule has 36 nitrogen and oxygen atoms in total. The molecule has 1 aliphatic carbocycles. The van der Waals surface area contributed by atoms with Gasteiger partial charge in [0, 0.05) is 76.7 Å². The van der Waals surface area contributed by atoms with Crippen LogP contribution in [0.4, 0.5) is 0 Å². The Morgan fingerprint density at radius 3 is 0.432 bits per heavy atom. The molecule has 1 fully saturated rings. The first-order valence-electron chi connectivity index (χ1n) is 43.3. The normalized spacial score (nSPS) is 13.5. The molecule has 0 atom stereocenters. The van der Waals surface area contributed by atoms with Gasteiger partial charge in [0.15, 0.2) is 69.0 Å². The van der Waals surface area contributed by atoms with Gasteiger partial charge in [0.05, 0.1) is 33.4 Å². The predicted molar refractivity (Wildman–Crippen MR) is 479 cm³/mol. The van der Waals surface area contributed by atoms with Gasteiger partial charge in [-0.25, -0.2) is 0 Å². The van der Waals surface area contributed by atoms with Crippen molar-refractivity contribution in [1.82, 2.24) is 47.9 Å². The molecule has 0 saturated heterocycles. The third-order valence-corrected chi connectivity index (χ3v) is 24.7. The van der Waals surface area contributed by atoms with Crippen molar-refractivity contribution < 1.29 is 135 Å². The summed E-state index contributed by atoms with van der Waals surface area (Å²) < 4.78 is 0. The number of carbonyl (C=O) groups is 9. The van der Waals surface area contributed by atoms with Crippen molar-refractivity contribution >= 4 is 53.2 Å². The molecule has 9 aromatic rings. The van der Waals surface area contributed by atoms with E-state index in [-0.39, 0.29) is 136 Å². The van der Waals surface area contributed by atoms with Crippen LogP contribution in [0.2, 0.25) is 0 Å².